The third-order valence-corrected chi connectivity index (χ3v) is 6.88. The van der Waals surface area contributed by atoms with Gasteiger partial charge in [0.25, 0.3) is 0 Å². The lowest BCUT2D eigenvalue weighted by Gasteiger charge is -2.23. The third kappa shape index (κ3) is 3.92. The highest BCUT2D eigenvalue weighted by molar-refractivity contribution is 7.13. The summed E-state index contributed by atoms with van der Waals surface area (Å²) in [7, 11) is 0. The normalized spacial score (nSPS) is 17.9. The number of anilines is 2. The third-order valence-electron chi connectivity index (χ3n) is 6.07. The molecular weight excluding hydrogens is 392 g/mol. The van der Waals surface area contributed by atoms with E-state index in [-0.39, 0.29) is 11.9 Å². The molecule has 2 aliphatic rings. The van der Waals surface area contributed by atoms with Crippen LogP contribution in [0.4, 0.5) is 10.8 Å². The number of nitrogens with one attached hydrogen (secondary N) is 1. The average molecular weight is 419 g/mol. The molecule has 1 atom stereocenters. The van der Waals surface area contributed by atoms with Crippen molar-refractivity contribution in [2.45, 2.75) is 38.4 Å². The fourth-order valence-corrected chi connectivity index (χ4v) is 5.21. The quantitative estimate of drug-likeness (QED) is 0.658. The minimum absolute atomic E-state index is 0.0976. The van der Waals surface area contributed by atoms with E-state index in [1.807, 2.05) is 5.38 Å². The number of fused-ring (bicyclic) bond motifs is 1. The van der Waals surface area contributed by atoms with Crippen molar-refractivity contribution in [1.82, 2.24) is 10.3 Å². The fourth-order valence-electron chi connectivity index (χ4n) is 4.49. The molecule has 0 bridgehead atoms. The summed E-state index contributed by atoms with van der Waals surface area (Å²) < 4.78 is 0. The van der Waals surface area contributed by atoms with E-state index in [2.05, 4.69) is 68.6 Å². The molecule has 6 heteroatoms. The molecule has 1 amide bonds. The highest BCUT2D eigenvalue weighted by Gasteiger charge is 2.31. The van der Waals surface area contributed by atoms with Gasteiger partial charge in [-0.15, -0.1) is 11.3 Å². The Labute approximate surface area is 181 Å². The lowest BCUT2D eigenvalue weighted by Crippen LogP contribution is -2.43. The van der Waals surface area contributed by atoms with Crippen LogP contribution in [0.2, 0.25) is 0 Å². The van der Waals surface area contributed by atoms with Gasteiger partial charge >= 0.3 is 0 Å². The maximum absolute atomic E-state index is 12.8. The minimum atomic E-state index is -0.106. The van der Waals surface area contributed by atoms with E-state index in [9.17, 15) is 4.79 Å². The molecule has 2 aliphatic heterocycles. The molecular formula is C24H26N4OS. The summed E-state index contributed by atoms with van der Waals surface area (Å²) in [6.45, 7) is 3.47. The van der Waals surface area contributed by atoms with Crippen molar-refractivity contribution >= 4 is 28.1 Å². The van der Waals surface area contributed by atoms with Crippen LogP contribution in [0.25, 0.3) is 0 Å². The number of carbonyl (C=O) groups excluding carboxylic acids is 1. The van der Waals surface area contributed by atoms with E-state index in [1.54, 1.807) is 17.5 Å². The highest BCUT2D eigenvalue weighted by Crippen LogP contribution is 2.29. The van der Waals surface area contributed by atoms with Crippen molar-refractivity contribution in [3.8, 4) is 0 Å². The van der Waals surface area contributed by atoms with E-state index in [0.717, 1.165) is 49.6 Å². The van der Waals surface area contributed by atoms with Crippen LogP contribution in [0.15, 0.2) is 60.1 Å². The van der Waals surface area contributed by atoms with Crippen LogP contribution in [0, 0.1) is 0 Å². The molecule has 1 N–H and O–H groups in total. The molecule has 1 fully saturated rings. The zero-order valence-corrected chi connectivity index (χ0v) is 17.8. The first-order chi connectivity index (χ1) is 14.8. The summed E-state index contributed by atoms with van der Waals surface area (Å²) >= 11 is 1.60. The Kier molecular flexibility index (Phi) is 5.41. The largest absolute Gasteiger partial charge is 0.367 e. The van der Waals surface area contributed by atoms with Gasteiger partial charge in [-0.3, -0.25) is 4.79 Å². The average Bonchev–Trinajstić information content (AvgIpc) is 3.53. The summed E-state index contributed by atoms with van der Waals surface area (Å²) in [5.74, 6) is 0.0976. The van der Waals surface area contributed by atoms with E-state index in [0.29, 0.717) is 6.54 Å². The van der Waals surface area contributed by atoms with Gasteiger partial charge in [-0.1, -0.05) is 42.5 Å². The van der Waals surface area contributed by atoms with Crippen LogP contribution in [0.1, 0.15) is 29.5 Å². The Morgan fingerprint density at radius 1 is 1.10 bits per heavy atom. The van der Waals surface area contributed by atoms with Gasteiger partial charge in [0, 0.05) is 43.4 Å². The number of rotatable bonds is 6. The molecule has 154 valence electrons. The topological polar surface area (TPSA) is 48.5 Å². The van der Waals surface area contributed by atoms with Crippen LogP contribution in [-0.4, -0.2) is 30.0 Å². The van der Waals surface area contributed by atoms with E-state index in [1.165, 1.54) is 16.8 Å². The number of hydrogen-bond acceptors (Lipinski definition) is 5. The van der Waals surface area contributed by atoms with Gasteiger partial charge < -0.3 is 15.1 Å². The molecule has 1 aromatic heterocycles. The van der Waals surface area contributed by atoms with Crippen molar-refractivity contribution in [2.24, 2.45) is 0 Å². The van der Waals surface area contributed by atoms with Gasteiger partial charge in [-0.2, -0.15) is 0 Å². The van der Waals surface area contributed by atoms with Crippen molar-refractivity contribution in [3.63, 3.8) is 0 Å². The monoisotopic (exact) mass is 418 g/mol. The number of hydrogen-bond donors (Lipinski definition) is 1. The standard InChI is InChI=1S/C24H26N4OS/c29-23(22-6-3-13-28(22)24-25-12-15-30-24)26-16-18-7-9-19(10-8-18)17-27-14-11-20-4-1-2-5-21(20)27/h1-2,4-5,7-10,12,15,22H,3,6,11,13-14,16-17H2,(H,26,29). The lowest BCUT2D eigenvalue weighted by atomic mass is 10.1. The van der Waals surface area contributed by atoms with E-state index in [4.69, 9.17) is 0 Å². The van der Waals surface area contributed by atoms with Crippen molar-refractivity contribution in [3.05, 3.63) is 76.8 Å². The Morgan fingerprint density at radius 2 is 1.93 bits per heavy atom. The molecule has 0 spiro atoms. The minimum Gasteiger partial charge on any atom is -0.367 e. The zero-order valence-electron chi connectivity index (χ0n) is 17.0. The second kappa shape index (κ2) is 8.48. The van der Waals surface area contributed by atoms with Gasteiger partial charge in [-0.05, 0) is 42.0 Å². The molecule has 30 heavy (non-hydrogen) atoms. The van der Waals surface area contributed by atoms with E-state index >= 15 is 0 Å². The number of para-hydroxylation sites is 1. The molecule has 1 unspecified atom stereocenters. The molecule has 0 saturated carbocycles. The first kappa shape index (κ1) is 19.1. The number of benzene rings is 2. The number of aromatic nitrogens is 1. The highest BCUT2D eigenvalue weighted by atomic mass is 32.1. The van der Waals surface area contributed by atoms with Crippen molar-refractivity contribution < 1.29 is 4.79 Å². The van der Waals surface area contributed by atoms with Crippen LogP contribution in [0.5, 0.6) is 0 Å². The van der Waals surface area contributed by atoms with Gasteiger partial charge in [0.15, 0.2) is 5.13 Å². The Bertz CT molecular complexity index is 1000. The van der Waals surface area contributed by atoms with Crippen LogP contribution >= 0.6 is 11.3 Å². The zero-order chi connectivity index (χ0) is 20.3. The molecule has 0 aliphatic carbocycles. The summed E-state index contributed by atoms with van der Waals surface area (Å²) in [5.41, 5.74) is 5.23. The number of carbonyl (C=O) groups is 1. The van der Waals surface area contributed by atoms with Gasteiger partial charge in [-0.25, -0.2) is 4.98 Å². The first-order valence-corrected chi connectivity index (χ1v) is 11.5. The second-order valence-electron chi connectivity index (χ2n) is 8.00. The predicted molar refractivity (Wildman–Crippen MR) is 122 cm³/mol. The first-order valence-electron chi connectivity index (χ1n) is 10.6. The molecule has 5 rings (SSSR count). The lowest BCUT2D eigenvalue weighted by molar-refractivity contribution is -0.122. The maximum Gasteiger partial charge on any atom is 0.243 e. The smallest absolute Gasteiger partial charge is 0.243 e. The SMILES string of the molecule is O=C(NCc1ccc(CN2CCc3ccccc32)cc1)C1CCCN1c1nccs1. The molecule has 0 radical (unpaired) electrons. The molecule has 1 saturated heterocycles. The van der Waals surface area contributed by atoms with Crippen molar-refractivity contribution in [2.75, 3.05) is 22.9 Å². The summed E-state index contributed by atoms with van der Waals surface area (Å²) in [5, 5.41) is 6.03. The van der Waals surface area contributed by atoms with Crippen LogP contribution < -0.4 is 15.1 Å². The van der Waals surface area contributed by atoms with Crippen LogP contribution in [-0.2, 0) is 24.3 Å². The number of thiazole rings is 1. The Hall–Kier alpha value is -2.86. The maximum atomic E-state index is 12.8. The summed E-state index contributed by atoms with van der Waals surface area (Å²) in [4.78, 5) is 21.7. The molecule has 3 heterocycles. The van der Waals surface area contributed by atoms with Crippen molar-refractivity contribution in [1.29, 1.82) is 0 Å². The summed E-state index contributed by atoms with van der Waals surface area (Å²) in [6.07, 6.45) is 4.85. The molecule has 2 aromatic carbocycles. The fraction of sp³-hybridized carbons (Fsp3) is 0.333. The Balaban J connectivity index is 1.16. The van der Waals surface area contributed by atoms with Crippen LogP contribution in [0.3, 0.4) is 0 Å². The molecule has 5 nitrogen and oxygen atoms in total. The molecule has 3 aromatic rings. The second-order valence-corrected chi connectivity index (χ2v) is 8.87. The summed E-state index contributed by atoms with van der Waals surface area (Å²) in [6, 6.07) is 17.2. The number of amides is 1. The predicted octanol–water partition coefficient (Wildman–Crippen LogP) is 3.99. The Morgan fingerprint density at radius 3 is 2.77 bits per heavy atom. The van der Waals surface area contributed by atoms with E-state index < -0.39 is 0 Å². The number of nitrogens with zero attached hydrogens (tertiary/aromatic N) is 3. The van der Waals surface area contributed by atoms with Gasteiger partial charge in [0.05, 0.1) is 0 Å². The van der Waals surface area contributed by atoms with Gasteiger partial charge in [0.2, 0.25) is 5.91 Å². The van der Waals surface area contributed by atoms with Gasteiger partial charge in [0.1, 0.15) is 6.04 Å².